The van der Waals surface area contributed by atoms with E-state index in [1.807, 2.05) is 0 Å². The maximum absolute atomic E-state index is 11.2. The molecule has 2 fully saturated rings. The van der Waals surface area contributed by atoms with E-state index in [4.69, 9.17) is 0 Å². The zero-order chi connectivity index (χ0) is 6.72. The van der Waals surface area contributed by atoms with Crippen molar-refractivity contribution in [1.29, 1.82) is 0 Å². The summed E-state index contributed by atoms with van der Waals surface area (Å²) in [6.07, 6.45) is 1.91. The van der Waals surface area contributed by atoms with Crippen LogP contribution < -0.4 is 0 Å². The molecule has 0 aromatic carbocycles. The monoisotopic (exact) mass is 136 g/mol. The van der Waals surface area contributed by atoms with Gasteiger partial charge in [-0.1, -0.05) is 0 Å². The number of ketones is 1. The van der Waals surface area contributed by atoms with Gasteiger partial charge in [-0.05, 0) is 12.3 Å². The average Bonchev–Trinajstić information content (AvgIpc) is 2.49. The fourth-order valence-electron chi connectivity index (χ4n) is 2.57. The number of rotatable bonds is 0. The van der Waals surface area contributed by atoms with E-state index in [-0.39, 0.29) is 12.0 Å². The largest absolute Gasteiger partial charge is 0.299 e. The van der Waals surface area contributed by atoms with Crippen molar-refractivity contribution in [3.05, 3.63) is 0 Å². The molecule has 0 spiro atoms. The molecule has 0 radical (unpaired) electrons. The zero-order valence-corrected chi connectivity index (χ0v) is 5.53. The van der Waals surface area contributed by atoms with E-state index in [9.17, 15) is 4.79 Å². The number of Topliss-reactive ketones (excluding diaryl/α,β-unsaturated/α-hetero) is 1. The summed E-state index contributed by atoms with van der Waals surface area (Å²) >= 11 is 0. The minimum Gasteiger partial charge on any atom is -0.299 e. The molecule has 4 atom stereocenters. The third kappa shape index (κ3) is 0.358. The third-order valence-corrected chi connectivity index (χ3v) is 2.99. The zero-order valence-electron chi connectivity index (χ0n) is 5.53. The van der Waals surface area contributed by atoms with Crippen molar-refractivity contribution < 1.29 is 4.79 Å². The lowest BCUT2D eigenvalue weighted by Crippen LogP contribution is -2.21. The lowest BCUT2D eigenvalue weighted by Gasteiger charge is -2.13. The lowest BCUT2D eigenvalue weighted by molar-refractivity contribution is -0.121. The quantitative estimate of drug-likeness (QED) is 0.485. The van der Waals surface area contributed by atoms with Gasteiger partial charge >= 0.3 is 0 Å². The summed E-state index contributed by atoms with van der Waals surface area (Å²) in [5, 5.41) is 8.12. The summed E-state index contributed by atoms with van der Waals surface area (Å²) in [6, 6.07) is 0.591. The summed E-state index contributed by atoms with van der Waals surface area (Å²) in [6.45, 7) is 0. The Morgan fingerprint density at radius 2 is 2.30 bits per heavy atom. The van der Waals surface area contributed by atoms with Crippen LogP contribution in [-0.2, 0) is 4.79 Å². The SMILES string of the molecule is O=C1CC2CC3N=NC2C13. The molecule has 1 aliphatic heterocycles. The Balaban J connectivity index is 2.12. The Morgan fingerprint density at radius 1 is 1.40 bits per heavy atom. The normalized spacial score (nSPS) is 55.0. The van der Waals surface area contributed by atoms with Crippen LogP contribution in [0.25, 0.3) is 0 Å². The second-order valence-corrected chi connectivity index (χ2v) is 3.48. The van der Waals surface area contributed by atoms with Crippen LogP contribution in [0.2, 0.25) is 0 Å². The van der Waals surface area contributed by atoms with Crippen LogP contribution in [-0.4, -0.2) is 17.9 Å². The molecule has 3 rings (SSSR count). The van der Waals surface area contributed by atoms with Gasteiger partial charge in [0.05, 0.1) is 18.0 Å². The first-order valence-corrected chi connectivity index (χ1v) is 3.79. The highest BCUT2D eigenvalue weighted by Gasteiger charge is 2.57. The fraction of sp³-hybridized carbons (Fsp3) is 0.857. The van der Waals surface area contributed by atoms with Gasteiger partial charge in [0, 0.05) is 6.42 Å². The molecule has 0 N–H and O–H groups in total. The predicted molar refractivity (Wildman–Crippen MR) is 33.7 cm³/mol. The van der Waals surface area contributed by atoms with Crippen molar-refractivity contribution in [1.82, 2.24) is 0 Å². The molecule has 3 aliphatic rings. The summed E-state index contributed by atoms with van der Waals surface area (Å²) < 4.78 is 0. The van der Waals surface area contributed by atoms with Crippen LogP contribution in [0.3, 0.4) is 0 Å². The number of hydrogen-bond acceptors (Lipinski definition) is 3. The van der Waals surface area contributed by atoms with Gasteiger partial charge in [0.15, 0.2) is 0 Å². The highest BCUT2D eigenvalue weighted by atomic mass is 16.1. The van der Waals surface area contributed by atoms with E-state index in [0.717, 1.165) is 12.8 Å². The molecule has 3 nitrogen and oxygen atoms in total. The molecular formula is C7H8N2O. The average molecular weight is 136 g/mol. The minimum absolute atomic E-state index is 0.213. The number of azo groups is 1. The molecular weight excluding hydrogens is 128 g/mol. The molecule has 3 heteroatoms. The van der Waals surface area contributed by atoms with Crippen LogP contribution in [0.5, 0.6) is 0 Å². The number of nitrogens with zero attached hydrogens (tertiary/aromatic N) is 2. The molecule has 52 valence electrons. The van der Waals surface area contributed by atoms with Crippen molar-refractivity contribution >= 4 is 5.78 Å². The molecule has 0 aromatic rings. The van der Waals surface area contributed by atoms with Crippen LogP contribution in [0.4, 0.5) is 0 Å². The molecule has 2 saturated carbocycles. The number of carbonyl (C=O) groups excluding carboxylic acids is 1. The van der Waals surface area contributed by atoms with E-state index in [1.54, 1.807) is 0 Å². The van der Waals surface area contributed by atoms with E-state index < -0.39 is 0 Å². The highest BCUT2D eigenvalue weighted by Crippen LogP contribution is 2.49. The Kier molecular flexibility index (Phi) is 0.654. The van der Waals surface area contributed by atoms with Gasteiger partial charge in [-0.3, -0.25) is 4.79 Å². The van der Waals surface area contributed by atoms with E-state index in [2.05, 4.69) is 10.2 Å². The summed E-state index contributed by atoms with van der Waals surface area (Å²) in [4.78, 5) is 11.2. The summed E-state index contributed by atoms with van der Waals surface area (Å²) in [5.74, 6) is 1.20. The van der Waals surface area contributed by atoms with Gasteiger partial charge in [-0.15, -0.1) is 0 Å². The Bertz CT molecular complexity index is 236. The third-order valence-electron chi connectivity index (χ3n) is 2.99. The topological polar surface area (TPSA) is 41.8 Å². The van der Waals surface area contributed by atoms with Crippen molar-refractivity contribution in [2.45, 2.75) is 24.9 Å². The maximum atomic E-state index is 11.2. The molecule has 10 heavy (non-hydrogen) atoms. The van der Waals surface area contributed by atoms with Gasteiger partial charge in [0.1, 0.15) is 5.78 Å². The van der Waals surface area contributed by atoms with Crippen LogP contribution >= 0.6 is 0 Å². The summed E-state index contributed by atoms with van der Waals surface area (Å²) in [5.41, 5.74) is 0. The first kappa shape index (κ1) is 4.99. The van der Waals surface area contributed by atoms with Gasteiger partial charge in [0.2, 0.25) is 0 Å². The summed E-state index contributed by atoms with van der Waals surface area (Å²) in [7, 11) is 0. The molecule has 0 saturated heterocycles. The van der Waals surface area contributed by atoms with Crippen LogP contribution in [0.1, 0.15) is 12.8 Å². The Morgan fingerprint density at radius 3 is 2.90 bits per heavy atom. The first-order valence-electron chi connectivity index (χ1n) is 3.79. The van der Waals surface area contributed by atoms with E-state index >= 15 is 0 Å². The first-order chi connectivity index (χ1) is 4.86. The molecule has 2 aliphatic carbocycles. The molecule has 4 unspecified atom stereocenters. The maximum Gasteiger partial charge on any atom is 0.140 e. The van der Waals surface area contributed by atoms with E-state index in [0.29, 0.717) is 17.7 Å². The molecule has 0 aromatic heterocycles. The Hall–Kier alpha value is -0.730. The lowest BCUT2D eigenvalue weighted by atomic mass is 9.95. The molecule has 4 bridgehead atoms. The van der Waals surface area contributed by atoms with Crippen molar-refractivity contribution in [3.8, 4) is 0 Å². The second-order valence-electron chi connectivity index (χ2n) is 3.48. The molecule has 0 amide bonds. The van der Waals surface area contributed by atoms with Gasteiger partial charge < -0.3 is 0 Å². The van der Waals surface area contributed by atoms with Crippen molar-refractivity contribution in [2.24, 2.45) is 22.1 Å². The van der Waals surface area contributed by atoms with E-state index in [1.165, 1.54) is 0 Å². The Labute approximate surface area is 58.5 Å². The van der Waals surface area contributed by atoms with Gasteiger partial charge in [-0.25, -0.2) is 0 Å². The van der Waals surface area contributed by atoms with Gasteiger partial charge in [0.25, 0.3) is 0 Å². The fourth-order valence-corrected chi connectivity index (χ4v) is 2.57. The highest BCUT2D eigenvalue weighted by molar-refractivity contribution is 5.87. The van der Waals surface area contributed by atoms with Gasteiger partial charge in [-0.2, -0.15) is 10.2 Å². The second kappa shape index (κ2) is 1.31. The van der Waals surface area contributed by atoms with Crippen molar-refractivity contribution in [3.63, 3.8) is 0 Å². The standard InChI is InChI=1S/C7H8N2O/c10-5-2-3-1-4-6(5)7(3)9-8-4/h3-4,6-7H,1-2H2. The minimum atomic E-state index is 0.213. The predicted octanol–water partition coefficient (Wildman–Crippen LogP) is 0.798. The number of hydrogen-bond donors (Lipinski definition) is 0. The number of carbonyl (C=O) groups is 1. The van der Waals surface area contributed by atoms with Crippen molar-refractivity contribution in [2.75, 3.05) is 0 Å². The smallest absolute Gasteiger partial charge is 0.140 e. The molecule has 1 heterocycles. The van der Waals surface area contributed by atoms with Crippen LogP contribution in [0.15, 0.2) is 10.2 Å². The van der Waals surface area contributed by atoms with Crippen LogP contribution in [0, 0.1) is 11.8 Å².